The van der Waals surface area contributed by atoms with E-state index >= 15 is 0 Å². The Hall–Kier alpha value is -0.250. The monoisotopic (exact) mass is 249 g/mol. The molecule has 1 unspecified atom stereocenters. The minimum absolute atomic E-state index is 0.142. The largest absolute Gasteiger partial charge is 0.299 e. The van der Waals surface area contributed by atoms with E-state index in [1.54, 1.807) is 0 Å². The summed E-state index contributed by atoms with van der Waals surface area (Å²) in [6.07, 6.45) is 0. The summed E-state index contributed by atoms with van der Waals surface area (Å²) in [5.41, 5.74) is 1.91. The summed E-state index contributed by atoms with van der Waals surface area (Å²) in [4.78, 5) is 2.14. The van der Waals surface area contributed by atoms with Crippen molar-refractivity contribution in [3.8, 4) is 0 Å². The first-order chi connectivity index (χ1) is 6.91. The van der Waals surface area contributed by atoms with Crippen LogP contribution in [0.5, 0.6) is 0 Å². The average Bonchev–Trinajstić information content (AvgIpc) is 2.31. The molecule has 0 saturated heterocycles. The highest BCUT2D eigenvalue weighted by Crippen LogP contribution is 2.20. The van der Waals surface area contributed by atoms with E-state index in [9.17, 15) is 0 Å². The van der Waals surface area contributed by atoms with Gasteiger partial charge in [0.2, 0.25) is 0 Å². The number of alkyl halides is 1. The fraction of sp³-hybridized carbons (Fsp3) is 0.700. The molecule has 0 aromatic carbocycles. The molecule has 0 aliphatic carbocycles. The van der Waals surface area contributed by atoms with Crippen molar-refractivity contribution in [2.75, 3.05) is 13.6 Å². The van der Waals surface area contributed by atoms with Gasteiger partial charge in [0, 0.05) is 25.5 Å². The van der Waals surface area contributed by atoms with Crippen molar-refractivity contribution in [3.63, 3.8) is 0 Å². The molecule has 1 heterocycles. The van der Waals surface area contributed by atoms with Crippen molar-refractivity contribution in [3.05, 3.63) is 16.4 Å². The van der Waals surface area contributed by atoms with Gasteiger partial charge in [-0.15, -0.1) is 11.6 Å². The third-order valence-electron chi connectivity index (χ3n) is 2.24. The molecule has 0 saturated carbocycles. The number of halogens is 2. The van der Waals surface area contributed by atoms with E-state index < -0.39 is 0 Å². The second kappa shape index (κ2) is 5.19. The summed E-state index contributed by atoms with van der Waals surface area (Å²) in [6.45, 7) is 5.50. The zero-order valence-corrected chi connectivity index (χ0v) is 11.1. The topological polar surface area (TPSA) is 21.1 Å². The van der Waals surface area contributed by atoms with Crippen LogP contribution in [0.25, 0.3) is 0 Å². The van der Waals surface area contributed by atoms with Gasteiger partial charge in [-0.25, -0.2) is 0 Å². The first-order valence-corrected chi connectivity index (χ1v) is 5.73. The summed E-state index contributed by atoms with van der Waals surface area (Å²) >= 11 is 12.1. The Kier molecular flexibility index (Phi) is 4.44. The standard InChI is InChI=1S/C10H17Cl2N3/c1-7(11)5-14(3)6-9-10(12)8(2)13-15(9)4/h7H,5-6H2,1-4H3. The Labute approximate surface area is 101 Å². The van der Waals surface area contributed by atoms with E-state index in [0.717, 1.165) is 29.5 Å². The van der Waals surface area contributed by atoms with Gasteiger partial charge in [-0.1, -0.05) is 11.6 Å². The van der Waals surface area contributed by atoms with Crippen LogP contribution in [0, 0.1) is 6.92 Å². The van der Waals surface area contributed by atoms with Crippen LogP contribution in [-0.2, 0) is 13.6 Å². The number of aryl methyl sites for hydroxylation is 2. The fourth-order valence-corrected chi connectivity index (χ4v) is 2.06. The third kappa shape index (κ3) is 3.37. The molecule has 1 rings (SSSR count). The lowest BCUT2D eigenvalue weighted by Gasteiger charge is -2.18. The lowest BCUT2D eigenvalue weighted by Crippen LogP contribution is -2.25. The lowest BCUT2D eigenvalue weighted by molar-refractivity contribution is 0.320. The molecule has 15 heavy (non-hydrogen) atoms. The Balaban J connectivity index is 2.71. The van der Waals surface area contributed by atoms with Gasteiger partial charge >= 0.3 is 0 Å². The van der Waals surface area contributed by atoms with Gasteiger partial charge in [-0.05, 0) is 20.9 Å². The second-order valence-corrected chi connectivity index (χ2v) is 5.07. The molecule has 0 aliphatic rings. The average molecular weight is 250 g/mol. The van der Waals surface area contributed by atoms with Gasteiger partial charge in [0.1, 0.15) is 0 Å². The third-order valence-corrected chi connectivity index (χ3v) is 2.87. The molecule has 0 fully saturated rings. The maximum Gasteiger partial charge on any atom is 0.0860 e. The molecule has 3 nitrogen and oxygen atoms in total. The van der Waals surface area contributed by atoms with Crippen LogP contribution in [-0.4, -0.2) is 33.6 Å². The smallest absolute Gasteiger partial charge is 0.0860 e. The molecule has 1 aromatic rings. The molecule has 5 heteroatoms. The molecule has 1 atom stereocenters. The highest BCUT2D eigenvalue weighted by atomic mass is 35.5. The maximum atomic E-state index is 6.15. The summed E-state index contributed by atoms with van der Waals surface area (Å²) in [6, 6.07) is 0. The van der Waals surface area contributed by atoms with Crippen LogP contribution in [0.1, 0.15) is 18.3 Å². The van der Waals surface area contributed by atoms with E-state index in [1.165, 1.54) is 0 Å². The number of hydrogen-bond acceptors (Lipinski definition) is 2. The normalized spacial score (nSPS) is 13.5. The first kappa shape index (κ1) is 12.8. The molecule has 1 aromatic heterocycles. The van der Waals surface area contributed by atoms with Crippen LogP contribution in [0.15, 0.2) is 0 Å². The van der Waals surface area contributed by atoms with Crippen molar-refractivity contribution < 1.29 is 0 Å². The maximum absolute atomic E-state index is 6.15. The van der Waals surface area contributed by atoms with E-state index in [4.69, 9.17) is 23.2 Å². The molecule has 0 N–H and O–H groups in total. The quantitative estimate of drug-likeness (QED) is 0.765. The van der Waals surface area contributed by atoms with Crippen LogP contribution < -0.4 is 0 Å². The second-order valence-electron chi connectivity index (χ2n) is 3.95. The molecule has 86 valence electrons. The highest BCUT2D eigenvalue weighted by molar-refractivity contribution is 6.31. The van der Waals surface area contributed by atoms with Gasteiger partial charge in [0.25, 0.3) is 0 Å². The van der Waals surface area contributed by atoms with E-state index in [2.05, 4.69) is 10.00 Å². The van der Waals surface area contributed by atoms with Crippen molar-refractivity contribution in [1.29, 1.82) is 0 Å². The molecular weight excluding hydrogens is 233 g/mol. The Morgan fingerprint density at radius 2 is 2.13 bits per heavy atom. The molecule has 0 spiro atoms. The van der Waals surface area contributed by atoms with Crippen LogP contribution >= 0.6 is 23.2 Å². The summed E-state index contributed by atoms with van der Waals surface area (Å²) in [5.74, 6) is 0. The van der Waals surface area contributed by atoms with Crippen molar-refractivity contribution in [1.82, 2.24) is 14.7 Å². The minimum Gasteiger partial charge on any atom is -0.299 e. The molecule has 0 radical (unpaired) electrons. The van der Waals surface area contributed by atoms with Crippen molar-refractivity contribution >= 4 is 23.2 Å². The van der Waals surface area contributed by atoms with Crippen LogP contribution in [0.4, 0.5) is 0 Å². The Morgan fingerprint density at radius 3 is 2.53 bits per heavy atom. The summed E-state index contributed by atoms with van der Waals surface area (Å²) in [7, 11) is 3.93. The van der Waals surface area contributed by atoms with E-state index in [0.29, 0.717) is 0 Å². The fourth-order valence-electron chi connectivity index (χ4n) is 1.60. The summed E-state index contributed by atoms with van der Waals surface area (Å²) in [5, 5.41) is 5.17. The van der Waals surface area contributed by atoms with Crippen molar-refractivity contribution in [2.24, 2.45) is 7.05 Å². The number of nitrogens with zero attached hydrogens (tertiary/aromatic N) is 3. The molecular formula is C10H17Cl2N3. The van der Waals surface area contributed by atoms with Gasteiger partial charge in [-0.2, -0.15) is 5.10 Å². The minimum atomic E-state index is 0.142. The van der Waals surface area contributed by atoms with Gasteiger partial charge < -0.3 is 0 Å². The molecule has 0 bridgehead atoms. The van der Waals surface area contributed by atoms with E-state index in [-0.39, 0.29) is 5.38 Å². The zero-order valence-electron chi connectivity index (χ0n) is 9.59. The number of hydrogen-bond donors (Lipinski definition) is 0. The molecule has 0 aliphatic heterocycles. The lowest BCUT2D eigenvalue weighted by atomic mass is 10.3. The SMILES string of the molecule is Cc1nn(C)c(CN(C)CC(C)Cl)c1Cl. The highest BCUT2D eigenvalue weighted by Gasteiger charge is 2.13. The zero-order chi connectivity index (χ0) is 11.6. The van der Waals surface area contributed by atoms with E-state index in [1.807, 2.05) is 32.6 Å². The van der Waals surface area contributed by atoms with Crippen molar-refractivity contribution in [2.45, 2.75) is 25.8 Å². The van der Waals surface area contributed by atoms with Gasteiger partial charge in [0.05, 0.1) is 16.4 Å². The Bertz CT molecular complexity index is 334. The predicted octanol–water partition coefficient (Wildman–Crippen LogP) is 2.44. The number of rotatable bonds is 4. The predicted molar refractivity (Wildman–Crippen MR) is 64.6 cm³/mol. The van der Waals surface area contributed by atoms with Crippen LogP contribution in [0.3, 0.4) is 0 Å². The molecule has 0 amide bonds. The van der Waals surface area contributed by atoms with Gasteiger partial charge in [0.15, 0.2) is 0 Å². The first-order valence-electron chi connectivity index (χ1n) is 4.92. The summed E-state index contributed by atoms with van der Waals surface area (Å²) < 4.78 is 1.83. The van der Waals surface area contributed by atoms with Gasteiger partial charge in [-0.3, -0.25) is 9.58 Å². The van der Waals surface area contributed by atoms with Crippen LogP contribution in [0.2, 0.25) is 5.02 Å². The Morgan fingerprint density at radius 1 is 1.53 bits per heavy atom. The number of aromatic nitrogens is 2.